The summed E-state index contributed by atoms with van der Waals surface area (Å²) in [6, 6.07) is 7.86. The maximum Gasteiger partial charge on any atom is 0.254 e. The van der Waals surface area contributed by atoms with Gasteiger partial charge in [0.05, 0.1) is 0 Å². The van der Waals surface area contributed by atoms with Crippen LogP contribution in [0.1, 0.15) is 36.0 Å². The standard InChI is InChI=1S/C14H18BrNO2/c15-12-5-1-4-11(10-12)14(18)16(8-3-9-17)13-6-2-7-13/h1,4-5,10,13,17H,2-3,6-9H2. The van der Waals surface area contributed by atoms with Gasteiger partial charge < -0.3 is 10.0 Å². The zero-order chi connectivity index (χ0) is 13.0. The summed E-state index contributed by atoms with van der Waals surface area (Å²) in [6.07, 6.45) is 4.03. The molecule has 4 heteroatoms. The first kappa shape index (κ1) is 13.6. The minimum absolute atomic E-state index is 0.0782. The monoisotopic (exact) mass is 311 g/mol. The van der Waals surface area contributed by atoms with E-state index >= 15 is 0 Å². The highest BCUT2D eigenvalue weighted by Crippen LogP contribution is 2.26. The summed E-state index contributed by atoms with van der Waals surface area (Å²) in [6.45, 7) is 0.779. The van der Waals surface area contributed by atoms with Gasteiger partial charge in [-0.05, 0) is 43.9 Å². The molecule has 0 spiro atoms. The Hall–Kier alpha value is -0.870. The average molecular weight is 312 g/mol. The molecule has 0 bridgehead atoms. The molecule has 1 aliphatic rings. The van der Waals surface area contributed by atoms with Gasteiger partial charge in [0.1, 0.15) is 0 Å². The fraction of sp³-hybridized carbons (Fsp3) is 0.500. The number of hydrogen-bond donors (Lipinski definition) is 1. The minimum atomic E-state index is 0.0782. The Balaban J connectivity index is 2.11. The molecule has 3 nitrogen and oxygen atoms in total. The number of carbonyl (C=O) groups excluding carboxylic acids is 1. The summed E-state index contributed by atoms with van der Waals surface area (Å²) in [7, 11) is 0. The van der Waals surface area contributed by atoms with E-state index in [1.165, 1.54) is 6.42 Å². The van der Waals surface area contributed by atoms with E-state index in [1.54, 1.807) is 0 Å². The molecule has 1 N–H and O–H groups in total. The Kier molecular flexibility index (Phi) is 4.78. The first-order chi connectivity index (χ1) is 8.72. The van der Waals surface area contributed by atoms with Crippen molar-refractivity contribution in [3.8, 4) is 0 Å². The molecule has 0 aromatic heterocycles. The quantitative estimate of drug-likeness (QED) is 0.908. The second kappa shape index (κ2) is 6.34. The number of hydrogen-bond acceptors (Lipinski definition) is 2. The van der Waals surface area contributed by atoms with Gasteiger partial charge in [-0.25, -0.2) is 0 Å². The Bertz CT molecular complexity index is 418. The van der Waals surface area contributed by atoms with Crippen LogP contribution in [0.15, 0.2) is 28.7 Å². The number of aliphatic hydroxyl groups is 1. The van der Waals surface area contributed by atoms with Gasteiger partial charge in [-0.3, -0.25) is 4.79 Å². The van der Waals surface area contributed by atoms with E-state index in [4.69, 9.17) is 5.11 Å². The number of aliphatic hydroxyl groups excluding tert-OH is 1. The van der Waals surface area contributed by atoms with Crippen molar-refractivity contribution in [1.29, 1.82) is 0 Å². The summed E-state index contributed by atoms with van der Waals surface area (Å²) >= 11 is 3.39. The van der Waals surface area contributed by atoms with Crippen LogP contribution in [0.3, 0.4) is 0 Å². The van der Waals surface area contributed by atoms with Gasteiger partial charge in [0.15, 0.2) is 0 Å². The van der Waals surface area contributed by atoms with Crippen molar-refractivity contribution in [2.45, 2.75) is 31.7 Å². The van der Waals surface area contributed by atoms with Gasteiger partial charge in [-0.2, -0.15) is 0 Å². The predicted octanol–water partition coefficient (Wildman–Crippen LogP) is 2.83. The molecule has 1 aromatic carbocycles. The molecule has 1 amide bonds. The molecule has 1 aliphatic carbocycles. The summed E-state index contributed by atoms with van der Waals surface area (Å²) in [5.41, 5.74) is 0.717. The predicted molar refractivity (Wildman–Crippen MR) is 74.5 cm³/mol. The smallest absolute Gasteiger partial charge is 0.254 e. The highest BCUT2D eigenvalue weighted by atomic mass is 79.9. The molecule has 0 heterocycles. The number of halogens is 1. The van der Waals surface area contributed by atoms with Crippen molar-refractivity contribution in [2.75, 3.05) is 13.2 Å². The van der Waals surface area contributed by atoms with Crippen LogP contribution >= 0.6 is 15.9 Å². The van der Waals surface area contributed by atoms with Gasteiger partial charge in [0.2, 0.25) is 0 Å². The first-order valence-electron chi connectivity index (χ1n) is 6.40. The van der Waals surface area contributed by atoms with Crippen LogP contribution in [0.4, 0.5) is 0 Å². The van der Waals surface area contributed by atoms with E-state index in [2.05, 4.69) is 15.9 Å². The van der Waals surface area contributed by atoms with E-state index in [1.807, 2.05) is 29.2 Å². The largest absolute Gasteiger partial charge is 0.396 e. The lowest BCUT2D eigenvalue weighted by Gasteiger charge is -2.37. The molecule has 2 rings (SSSR count). The van der Waals surface area contributed by atoms with Crippen LogP contribution in [0.25, 0.3) is 0 Å². The van der Waals surface area contributed by atoms with Crippen LogP contribution in [0.2, 0.25) is 0 Å². The van der Waals surface area contributed by atoms with Crippen molar-refractivity contribution in [3.05, 3.63) is 34.3 Å². The second-order valence-electron chi connectivity index (χ2n) is 4.67. The minimum Gasteiger partial charge on any atom is -0.396 e. The first-order valence-corrected chi connectivity index (χ1v) is 7.19. The third-order valence-electron chi connectivity index (χ3n) is 3.41. The van der Waals surface area contributed by atoms with E-state index in [9.17, 15) is 4.79 Å². The molecule has 0 aliphatic heterocycles. The molecule has 0 atom stereocenters. The number of rotatable bonds is 5. The van der Waals surface area contributed by atoms with Crippen LogP contribution in [0.5, 0.6) is 0 Å². The second-order valence-corrected chi connectivity index (χ2v) is 5.59. The highest BCUT2D eigenvalue weighted by Gasteiger charge is 2.28. The van der Waals surface area contributed by atoms with Gasteiger partial charge >= 0.3 is 0 Å². The SMILES string of the molecule is O=C(c1cccc(Br)c1)N(CCCO)C1CCC1. The van der Waals surface area contributed by atoms with E-state index < -0.39 is 0 Å². The van der Waals surface area contributed by atoms with Gasteiger partial charge in [-0.1, -0.05) is 22.0 Å². The van der Waals surface area contributed by atoms with Gasteiger partial charge in [0.25, 0.3) is 5.91 Å². The van der Waals surface area contributed by atoms with Crippen molar-refractivity contribution >= 4 is 21.8 Å². The molecule has 1 aromatic rings. The fourth-order valence-electron chi connectivity index (χ4n) is 2.18. The van der Waals surface area contributed by atoms with Crippen molar-refractivity contribution in [1.82, 2.24) is 4.90 Å². The van der Waals surface area contributed by atoms with Gasteiger partial charge in [-0.15, -0.1) is 0 Å². The summed E-state index contributed by atoms with van der Waals surface area (Å²) < 4.78 is 0.920. The van der Waals surface area contributed by atoms with Gasteiger partial charge in [0, 0.05) is 29.2 Å². The fourth-order valence-corrected chi connectivity index (χ4v) is 2.58. The summed E-state index contributed by atoms with van der Waals surface area (Å²) in [4.78, 5) is 14.4. The average Bonchev–Trinajstić information content (AvgIpc) is 2.31. The maximum absolute atomic E-state index is 12.5. The molecule has 1 saturated carbocycles. The lowest BCUT2D eigenvalue weighted by molar-refractivity contribution is 0.0562. The zero-order valence-corrected chi connectivity index (χ0v) is 11.9. The molecular formula is C14H18BrNO2. The van der Waals surface area contributed by atoms with Crippen LogP contribution < -0.4 is 0 Å². The molecule has 0 saturated heterocycles. The van der Waals surface area contributed by atoms with Crippen LogP contribution in [-0.2, 0) is 0 Å². The summed E-state index contributed by atoms with van der Waals surface area (Å²) in [5.74, 6) is 0.0782. The Morgan fingerprint density at radius 1 is 1.44 bits per heavy atom. The summed E-state index contributed by atoms with van der Waals surface area (Å²) in [5, 5.41) is 8.94. The number of carbonyl (C=O) groups is 1. The highest BCUT2D eigenvalue weighted by molar-refractivity contribution is 9.10. The number of benzene rings is 1. The Labute approximate surface area is 116 Å². The normalized spacial score (nSPS) is 15.2. The zero-order valence-electron chi connectivity index (χ0n) is 10.3. The third kappa shape index (κ3) is 3.12. The van der Waals surface area contributed by atoms with Crippen molar-refractivity contribution < 1.29 is 9.90 Å². The number of nitrogens with zero attached hydrogens (tertiary/aromatic N) is 1. The third-order valence-corrected chi connectivity index (χ3v) is 3.90. The Morgan fingerprint density at radius 2 is 2.22 bits per heavy atom. The van der Waals surface area contributed by atoms with E-state index in [0.717, 1.165) is 17.3 Å². The lowest BCUT2D eigenvalue weighted by atomic mass is 9.91. The molecule has 98 valence electrons. The van der Waals surface area contributed by atoms with E-state index in [-0.39, 0.29) is 12.5 Å². The molecule has 0 unspecified atom stereocenters. The molecule has 0 radical (unpaired) electrons. The topological polar surface area (TPSA) is 40.5 Å². The van der Waals surface area contributed by atoms with Crippen molar-refractivity contribution in [2.24, 2.45) is 0 Å². The van der Waals surface area contributed by atoms with E-state index in [0.29, 0.717) is 24.6 Å². The molecular weight excluding hydrogens is 294 g/mol. The molecule has 1 fully saturated rings. The van der Waals surface area contributed by atoms with Crippen molar-refractivity contribution in [3.63, 3.8) is 0 Å². The number of amides is 1. The molecule has 18 heavy (non-hydrogen) atoms. The maximum atomic E-state index is 12.5. The van der Waals surface area contributed by atoms with Crippen LogP contribution in [-0.4, -0.2) is 35.1 Å². The van der Waals surface area contributed by atoms with Crippen LogP contribution in [0, 0.1) is 0 Å². The Morgan fingerprint density at radius 3 is 2.78 bits per heavy atom. The lowest BCUT2D eigenvalue weighted by Crippen LogP contribution is -2.44.